The molecule has 1 N–H and O–H groups in total. The van der Waals surface area contributed by atoms with E-state index < -0.39 is 0 Å². The average Bonchev–Trinajstić information content (AvgIpc) is 2.78. The maximum absolute atomic E-state index is 6.27. The van der Waals surface area contributed by atoms with Crippen LogP contribution in [-0.2, 0) is 6.42 Å². The summed E-state index contributed by atoms with van der Waals surface area (Å²) in [6, 6.07) is 9.96. The molecule has 0 saturated carbocycles. The van der Waals surface area contributed by atoms with Crippen LogP contribution in [0.15, 0.2) is 43.9 Å². The number of likely N-dealkylation sites (N-methyl/N-ethyl adjacent to an activating group) is 1. The lowest BCUT2D eigenvalue weighted by molar-refractivity contribution is 0.405. The minimum Gasteiger partial charge on any atom is -0.453 e. The Morgan fingerprint density at radius 1 is 1.26 bits per heavy atom. The third-order valence-corrected chi connectivity index (χ3v) is 4.10. The van der Waals surface area contributed by atoms with Crippen LogP contribution >= 0.6 is 43.5 Å². The van der Waals surface area contributed by atoms with Crippen molar-refractivity contribution in [3.8, 4) is 0 Å². The van der Waals surface area contributed by atoms with E-state index in [0.29, 0.717) is 0 Å². The van der Waals surface area contributed by atoms with E-state index in [0.717, 1.165) is 38.5 Å². The summed E-state index contributed by atoms with van der Waals surface area (Å²) in [6.07, 6.45) is 0.792. The van der Waals surface area contributed by atoms with E-state index in [4.69, 9.17) is 16.0 Å². The first-order chi connectivity index (χ1) is 9.10. The largest absolute Gasteiger partial charge is 0.453 e. The highest BCUT2D eigenvalue weighted by molar-refractivity contribution is 9.10. The Kier molecular flexibility index (Phi) is 5.51. The van der Waals surface area contributed by atoms with Crippen molar-refractivity contribution >= 4 is 43.5 Å². The van der Waals surface area contributed by atoms with Gasteiger partial charge in [0.1, 0.15) is 5.76 Å². The molecule has 2 aromatic rings. The number of furan rings is 1. The first kappa shape index (κ1) is 15.1. The second-order valence-electron chi connectivity index (χ2n) is 4.19. The summed E-state index contributed by atoms with van der Waals surface area (Å²) in [4.78, 5) is 0. The second-order valence-corrected chi connectivity index (χ2v) is 6.30. The van der Waals surface area contributed by atoms with E-state index in [1.54, 1.807) is 0 Å². The van der Waals surface area contributed by atoms with Gasteiger partial charge in [0.15, 0.2) is 4.67 Å². The zero-order valence-electron chi connectivity index (χ0n) is 10.4. The van der Waals surface area contributed by atoms with Crippen LogP contribution in [0.1, 0.15) is 24.3 Å². The lowest BCUT2D eigenvalue weighted by Crippen LogP contribution is -2.22. The van der Waals surface area contributed by atoms with Crippen molar-refractivity contribution in [2.75, 3.05) is 6.54 Å². The van der Waals surface area contributed by atoms with Crippen LogP contribution in [0.5, 0.6) is 0 Å². The molecule has 0 saturated heterocycles. The van der Waals surface area contributed by atoms with Crippen LogP contribution in [0.4, 0.5) is 0 Å². The van der Waals surface area contributed by atoms with Gasteiger partial charge in [-0.15, -0.1) is 0 Å². The van der Waals surface area contributed by atoms with Gasteiger partial charge in [0.2, 0.25) is 0 Å². The van der Waals surface area contributed by atoms with Crippen molar-refractivity contribution in [3.05, 3.63) is 55.8 Å². The molecule has 0 aliphatic carbocycles. The molecule has 0 aliphatic rings. The predicted octanol–water partition coefficient (Wildman–Crippen LogP) is 5.35. The predicted molar refractivity (Wildman–Crippen MR) is 85.7 cm³/mol. The minimum absolute atomic E-state index is 0.120. The molecule has 1 heterocycles. The van der Waals surface area contributed by atoms with Crippen LogP contribution in [-0.4, -0.2) is 6.54 Å². The monoisotopic (exact) mass is 405 g/mol. The maximum atomic E-state index is 6.27. The highest BCUT2D eigenvalue weighted by Crippen LogP contribution is 2.28. The van der Waals surface area contributed by atoms with Gasteiger partial charge in [0, 0.05) is 9.50 Å². The highest BCUT2D eigenvalue weighted by Gasteiger charge is 2.16. The number of hydrogen-bond donors (Lipinski definition) is 1. The Labute approximate surface area is 134 Å². The number of halogens is 3. The molecule has 102 valence electrons. The van der Waals surface area contributed by atoms with Crippen molar-refractivity contribution in [3.63, 3.8) is 0 Å². The lowest BCUT2D eigenvalue weighted by Gasteiger charge is -2.16. The van der Waals surface area contributed by atoms with Crippen LogP contribution in [0.3, 0.4) is 0 Å². The van der Waals surface area contributed by atoms with Gasteiger partial charge in [0.05, 0.1) is 6.04 Å². The van der Waals surface area contributed by atoms with E-state index in [-0.39, 0.29) is 6.04 Å². The minimum atomic E-state index is 0.120. The molecular weight excluding hydrogens is 393 g/mol. The second kappa shape index (κ2) is 6.93. The van der Waals surface area contributed by atoms with E-state index in [1.807, 2.05) is 30.3 Å². The fourth-order valence-electron chi connectivity index (χ4n) is 1.94. The van der Waals surface area contributed by atoms with Crippen LogP contribution in [0.2, 0.25) is 5.02 Å². The fourth-order valence-corrected chi connectivity index (χ4v) is 3.01. The van der Waals surface area contributed by atoms with Gasteiger partial charge in [0.25, 0.3) is 0 Å². The molecule has 1 unspecified atom stereocenters. The third-order valence-electron chi connectivity index (χ3n) is 2.83. The Bertz CT molecular complexity index is 556. The summed E-state index contributed by atoms with van der Waals surface area (Å²) in [5.41, 5.74) is 1.10. The smallest absolute Gasteiger partial charge is 0.169 e. The quantitative estimate of drug-likeness (QED) is 0.723. The SMILES string of the molecule is CCNC(Cc1ccc(Br)cc1Cl)c1ccc(Br)o1. The van der Waals surface area contributed by atoms with Crippen LogP contribution < -0.4 is 5.32 Å². The van der Waals surface area contributed by atoms with Crippen molar-refractivity contribution in [2.24, 2.45) is 0 Å². The van der Waals surface area contributed by atoms with Crippen LogP contribution in [0, 0.1) is 0 Å². The molecule has 0 spiro atoms. The zero-order chi connectivity index (χ0) is 13.8. The Hall–Kier alpha value is -0.290. The topological polar surface area (TPSA) is 25.2 Å². The molecule has 19 heavy (non-hydrogen) atoms. The fraction of sp³-hybridized carbons (Fsp3) is 0.286. The Morgan fingerprint density at radius 2 is 2.05 bits per heavy atom. The normalized spacial score (nSPS) is 12.6. The summed E-state index contributed by atoms with van der Waals surface area (Å²) >= 11 is 13.0. The van der Waals surface area contributed by atoms with Crippen molar-refractivity contribution in [1.29, 1.82) is 0 Å². The van der Waals surface area contributed by atoms with Crippen molar-refractivity contribution in [1.82, 2.24) is 5.32 Å². The molecule has 1 aromatic heterocycles. The molecule has 5 heteroatoms. The van der Waals surface area contributed by atoms with E-state index in [9.17, 15) is 0 Å². The molecular formula is C14H14Br2ClNO. The molecule has 1 aromatic carbocycles. The standard InChI is InChI=1S/C14H14Br2ClNO/c1-2-18-12(13-5-6-14(16)19-13)7-9-3-4-10(15)8-11(9)17/h3-6,8,12,18H,2,7H2,1H3. The Balaban J connectivity index is 2.21. The van der Waals surface area contributed by atoms with Gasteiger partial charge in [-0.3, -0.25) is 0 Å². The molecule has 2 rings (SSSR count). The highest BCUT2D eigenvalue weighted by atomic mass is 79.9. The summed E-state index contributed by atoms with van der Waals surface area (Å²) < 4.78 is 7.37. The molecule has 0 radical (unpaired) electrons. The van der Waals surface area contributed by atoms with Gasteiger partial charge >= 0.3 is 0 Å². The molecule has 0 aliphatic heterocycles. The van der Waals surface area contributed by atoms with E-state index >= 15 is 0 Å². The summed E-state index contributed by atoms with van der Waals surface area (Å²) in [5.74, 6) is 0.910. The number of rotatable bonds is 5. The van der Waals surface area contributed by atoms with Crippen LogP contribution in [0.25, 0.3) is 0 Å². The van der Waals surface area contributed by atoms with E-state index in [2.05, 4.69) is 44.1 Å². The molecule has 0 amide bonds. The number of hydrogen-bond acceptors (Lipinski definition) is 2. The molecule has 0 fully saturated rings. The molecule has 1 atom stereocenters. The number of nitrogens with one attached hydrogen (secondary N) is 1. The average molecular weight is 408 g/mol. The number of benzene rings is 1. The first-order valence-corrected chi connectivity index (χ1v) is 7.99. The lowest BCUT2D eigenvalue weighted by atomic mass is 10.0. The van der Waals surface area contributed by atoms with Gasteiger partial charge < -0.3 is 9.73 Å². The van der Waals surface area contributed by atoms with E-state index in [1.165, 1.54) is 0 Å². The van der Waals surface area contributed by atoms with Crippen molar-refractivity contribution < 1.29 is 4.42 Å². The first-order valence-electron chi connectivity index (χ1n) is 6.02. The molecule has 0 bridgehead atoms. The Morgan fingerprint density at radius 3 is 2.63 bits per heavy atom. The zero-order valence-corrected chi connectivity index (χ0v) is 14.3. The van der Waals surface area contributed by atoms with Gasteiger partial charge in [-0.1, -0.05) is 40.5 Å². The summed E-state index contributed by atoms with van der Waals surface area (Å²) in [6.45, 7) is 2.95. The summed E-state index contributed by atoms with van der Waals surface area (Å²) in [5, 5.41) is 4.18. The van der Waals surface area contributed by atoms with Gasteiger partial charge in [-0.25, -0.2) is 0 Å². The third kappa shape index (κ3) is 4.09. The van der Waals surface area contributed by atoms with Gasteiger partial charge in [-0.05, 0) is 58.7 Å². The van der Waals surface area contributed by atoms with Gasteiger partial charge in [-0.2, -0.15) is 0 Å². The maximum Gasteiger partial charge on any atom is 0.169 e. The summed E-state index contributed by atoms with van der Waals surface area (Å²) in [7, 11) is 0. The van der Waals surface area contributed by atoms with Crippen molar-refractivity contribution in [2.45, 2.75) is 19.4 Å². The molecule has 2 nitrogen and oxygen atoms in total.